The summed E-state index contributed by atoms with van der Waals surface area (Å²) in [6.45, 7) is 0.187. The zero-order chi connectivity index (χ0) is 23.6. The second-order valence-electron chi connectivity index (χ2n) is 7.24. The number of amides is 2. The van der Waals surface area contributed by atoms with Crippen LogP contribution in [0.15, 0.2) is 67.0 Å². The van der Waals surface area contributed by atoms with Gasteiger partial charge in [0.1, 0.15) is 12.0 Å². The number of imidazole rings is 1. The zero-order valence-corrected chi connectivity index (χ0v) is 17.1. The monoisotopic (exact) mass is 453 g/mol. The Morgan fingerprint density at radius 3 is 2.36 bits per heavy atom. The Bertz CT molecular complexity index is 1320. The Morgan fingerprint density at radius 2 is 1.73 bits per heavy atom. The molecule has 3 N–H and O–H groups in total. The van der Waals surface area contributed by atoms with Crippen LogP contribution in [0.25, 0.3) is 16.9 Å². The van der Waals surface area contributed by atoms with Crippen LogP contribution in [0.2, 0.25) is 0 Å². The molecule has 2 heterocycles. The fourth-order valence-electron chi connectivity index (χ4n) is 3.35. The third-order valence-corrected chi connectivity index (χ3v) is 5.02. The van der Waals surface area contributed by atoms with Gasteiger partial charge in [0.05, 0.1) is 11.3 Å². The highest BCUT2D eigenvalue weighted by Gasteiger charge is 2.29. The Kier molecular flexibility index (Phi) is 5.82. The van der Waals surface area contributed by atoms with Gasteiger partial charge in [-0.05, 0) is 30.2 Å². The molecule has 0 spiro atoms. The number of aromatic nitrogens is 3. The fourth-order valence-corrected chi connectivity index (χ4v) is 3.35. The molecule has 0 bridgehead atoms. The average molecular weight is 453 g/mol. The number of nitrogens with zero attached hydrogens (tertiary/aromatic N) is 3. The summed E-state index contributed by atoms with van der Waals surface area (Å²) < 4.78 is 39.5. The van der Waals surface area contributed by atoms with Crippen molar-refractivity contribution in [2.75, 3.05) is 6.54 Å². The van der Waals surface area contributed by atoms with Crippen molar-refractivity contribution in [1.29, 1.82) is 0 Å². The molecule has 0 saturated carbocycles. The van der Waals surface area contributed by atoms with Crippen molar-refractivity contribution in [3.8, 4) is 11.3 Å². The summed E-state index contributed by atoms with van der Waals surface area (Å²) in [7, 11) is 0. The van der Waals surface area contributed by atoms with E-state index in [1.54, 1.807) is 6.07 Å². The molecular weight excluding hydrogens is 435 g/mol. The number of carbonyl (C=O) groups excluding carboxylic acids is 2. The molecule has 2 aromatic heterocycles. The molecule has 4 rings (SSSR count). The number of fused-ring (bicyclic) bond motifs is 1. The van der Waals surface area contributed by atoms with Gasteiger partial charge >= 0.3 is 6.18 Å². The molecule has 33 heavy (non-hydrogen) atoms. The minimum absolute atomic E-state index is 0.0633. The number of halogens is 3. The molecule has 0 aliphatic carbocycles. The van der Waals surface area contributed by atoms with E-state index >= 15 is 0 Å². The number of nitrogens with one attached hydrogen (secondary N) is 1. The summed E-state index contributed by atoms with van der Waals surface area (Å²) in [6, 6.07) is 15.4. The Labute approximate surface area is 186 Å². The zero-order valence-electron chi connectivity index (χ0n) is 17.1. The maximum atomic E-state index is 12.9. The number of primary amides is 1. The van der Waals surface area contributed by atoms with Crippen molar-refractivity contribution in [2.24, 2.45) is 5.73 Å². The molecule has 168 valence electrons. The summed E-state index contributed by atoms with van der Waals surface area (Å²) >= 11 is 0. The van der Waals surface area contributed by atoms with Crippen LogP contribution < -0.4 is 11.1 Å². The van der Waals surface area contributed by atoms with E-state index < -0.39 is 23.6 Å². The molecule has 0 saturated heterocycles. The maximum absolute atomic E-state index is 12.9. The highest BCUT2D eigenvalue weighted by Crippen LogP contribution is 2.29. The lowest BCUT2D eigenvalue weighted by atomic mass is 10.1. The quantitative estimate of drug-likeness (QED) is 0.467. The van der Waals surface area contributed by atoms with Gasteiger partial charge in [0.15, 0.2) is 11.3 Å². The lowest BCUT2D eigenvalue weighted by molar-refractivity contribution is -0.137. The van der Waals surface area contributed by atoms with Crippen LogP contribution in [-0.2, 0) is 12.6 Å². The van der Waals surface area contributed by atoms with Gasteiger partial charge in [-0.3, -0.25) is 14.0 Å². The number of hydrogen-bond acceptors (Lipinski definition) is 4. The van der Waals surface area contributed by atoms with E-state index in [0.717, 1.165) is 17.7 Å². The normalized spacial score (nSPS) is 11.5. The lowest BCUT2D eigenvalue weighted by Gasteiger charge is -2.11. The SMILES string of the molecule is NC(=O)c1ncn2c(C(=O)NCCc3ccc(C(F)(F)F)cc3)cc(-c3ccccc3)nc12. The van der Waals surface area contributed by atoms with Gasteiger partial charge in [0.25, 0.3) is 11.8 Å². The van der Waals surface area contributed by atoms with Gasteiger partial charge in [-0.15, -0.1) is 0 Å². The summed E-state index contributed by atoms with van der Waals surface area (Å²) in [4.78, 5) is 33.1. The van der Waals surface area contributed by atoms with Crippen LogP contribution in [-0.4, -0.2) is 32.7 Å². The minimum atomic E-state index is -4.40. The van der Waals surface area contributed by atoms with Crippen molar-refractivity contribution in [3.05, 3.63) is 89.5 Å². The number of nitrogens with two attached hydrogens (primary N) is 1. The van der Waals surface area contributed by atoms with Crippen LogP contribution >= 0.6 is 0 Å². The molecule has 2 aromatic carbocycles. The van der Waals surface area contributed by atoms with Gasteiger partial charge < -0.3 is 11.1 Å². The summed E-state index contributed by atoms with van der Waals surface area (Å²) in [6.07, 6.45) is -2.77. The van der Waals surface area contributed by atoms with Crippen LogP contribution in [0.1, 0.15) is 32.1 Å². The number of rotatable bonds is 6. The lowest BCUT2D eigenvalue weighted by Crippen LogP contribution is -2.27. The van der Waals surface area contributed by atoms with Gasteiger partial charge in [0.2, 0.25) is 0 Å². The predicted octanol–water partition coefficient (Wildman–Crippen LogP) is 3.49. The van der Waals surface area contributed by atoms with Gasteiger partial charge in [-0.1, -0.05) is 42.5 Å². The summed E-state index contributed by atoms with van der Waals surface area (Å²) in [5.74, 6) is -1.23. The number of alkyl halides is 3. The van der Waals surface area contributed by atoms with E-state index in [4.69, 9.17) is 5.73 Å². The molecular formula is C23H18F3N5O2. The molecule has 10 heteroatoms. The Balaban J connectivity index is 1.58. The molecule has 0 aliphatic rings. The molecule has 7 nitrogen and oxygen atoms in total. The van der Waals surface area contributed by atoms with E-state index in [9.17, 15) is 22.8 Å². The van der Waals surface area contributed by atoms with Crippen LogP contribution in [0.3, 0.4) is 0 Å². The second-order valence-corrected chi connectivity index (χ2v) is 7.24. The standard InChI is InChI=1S/C23H18F3N5O2/c24-23(25,26)16-8-6-14(7-9-16)10-11-28-22(33)18-12-17(15-4-2-1-3-5-15)30-21-19(20(27)32)29-13-31(18)21/h1-9,12-13H,10-11H2,(H2,27,32)(H,28,33). The molecule has 0 unspecified atom stereocenters. The first-order valence-electron chi connectivity index (χ1n) is 9.91. The van der Waals surface area contributed by atoms with Gasteiger partial charge in [-0.2, -0.15) is 13.2 Å². The summed E-state index contributed by atoms with van der Waals surface area (Å²) in [5.41, 5.74) is 6.77. The first-order valence-corrected chi connectivity index (χ1v) is 9.91. The Morgan fingerprint density at radius 1 is 1.03 bits per heavy atom. The fraction of sp³-hybridized carbons (Fsp3) is 0.130. The first-order chi connectivity index (χ1) is 15.7. The van der Waals surface area contributed by atoms with E-state index in [2.05, 4.69) is 15.3 Å². The number of hydrogen-bond donors (Lipinski definition) is 2. The van der Waals surface area contributed by atoms with Crippen molar-refractivity contribution in [1.82, 2.24) is 19.7 Å². The molecule has 0 fully saturated rings. The first kappa shape index (κ1) is 22.0. The maximum Gasteiger partial charge on any atom is 0.416 e. The highest BCUT2D eigenvalue weighted by atomic mass is 19.4. The molecule has 2 amide bonds. The molecule has 0 atom stereocenters. The van der Waals surface area contributed by atoms with Crippen LogP contribution in [0.5, 0.6) is 0 Å². The summed E-state index contributed by atoms with van der Waals surface area (Å²) in [5, 5.41) is 2.75. The largest absolute Gasteiger partial charge is 0.416 e. The van der Waals surface area contributed by atoms with Crippen molar-refractivity contribution in [2.45, 2.75) is 12.6 Å². The highest BCUT2D eigenvalue weighted by molar-refractivity contribution is 5.99. The van der Waals surface area contributed by atoms with Crippen LogP contribution in [0, 0.1) is 0 Å². The van der Waals surface area contributed by atoms with Gasteiger partial charge in [0, 0.05) is 12.1 Å². The number of benzene rings is 2. The molecule has 4 aromatic rings. The third kappa shape index (κ3) is 4.69. The number of carbonyl (C=O) groups is 2. The topological polar surface area (TPSA) is 102 Å². The predicted molar refractivity (Wildman–Crippen MR) is 114 cm³/mol. The van der Waals surface area contributed by atoms with E-state index in [1.165, 1.54) is 22.9 Å². The van der Waals surface area contributed by atoms with Crippen molar-refractivity contribution in [3.63, 3.8) is 0 Å². The minimum Gasteiger partial charge on any atom is -0.364 e. The van der Waals surface area contributed by atoms with Crippen LogP contribution in [0.4, 0.5) is 13.2 Å². The smallest absolute Gasteiger partial charge is 0.364 e. The van der Waals surface area contributed by atoms with E-state index in [0.29, 0.717) is 17.7 Å². The van der Waals surface area contributed by atoms with Gasteiger partial charge in [-0.25, -0.2) is 9.97 Å². The Hall–Kier alpha value is -4.21. The van der Waals surface area contributed by atoms with E-state index in [1.807, 2.05) is 30.3 Å². The average Bonchev–Trinajstić information content (AvgIpc) is 3.23. The molecule has 0 aliphatic heterocycles. The van der Waals surface area contributed by atoms with Crippen molar-refractivity contribution >= 4 is 17.5 Å². The second kappa shape index (κ2) is 8.73. The third-order valence-electron chi connectivity index (χ3n) is 5.02. The van der Waals surface area contributed by atoms with E-state index in [-0.39, 0.29) is 23.6 Å². The molecule has 0 radical (unpaired) electrons. The van der Waals surface area contributed by atoms with Crippen molar-refractivity contribution < 1.29 is 22.8 Å².